The van der Waals surface area contributed by atoms with Crippen LogP contribution in [0.2, 0.25) is 0 Å². The summed E-state index contributed by atoms with van der Waals surface area (Å²) in [5, 5.41) is 4.47. The van der Waals surface area contributed by atoms with Crippen LogP contribution in [-0.4, -0.2) is 11.4 Å². The molecule has 2 rings (SSSR count). The molecule has 1 aromatic rings. The number of rotatable bonds is 1. The molecular formula is C9H10BrN. The van der Waals surface area contributed by atoms with E-state index in [9.17, 15) is 0 Å². The van der Waals surface area contributed by atoms with Gasteiger partial charge in [0, 0.05) is 17.1 Å². The summed E-state index contributed by atoms with van der Waals surface area (Å²) in [6, 6.07) is 9.08. The zero-order valence-corrected chi connectivity index (χ0v) is 7.76. The Morgan fingerprint density at radius 3 is 3.00 bits per heavy atom. The summed E-state index contributed by atoms with van der Waals surface area (Å²) >= 11 is 3.47. The fraction of sp³-hybridized carbons (Fsp3) is 0.333. The third-order valence-electron chi connectivity index (χ3n) is 2.03. The van der Waals surface area contributed by atoms with Gasteiger partial charge in [-0.1, -0.05) is 34.1 Å². The Morgan fingerprint density at radius 2 is 2.27 bits per heavy atom. The van der Waals surface area contributed by atoms with Gasteiger partial charge >= 0.3 is 0 Å². The van der Waals surface area contributed by atoms with Crippen molar-refractivity contribution in [1.82, 2.24) is 0 Å². The molecule has 1 aliphatic heterocycles. The van der Waals surface area contributed by atoms with Crippen molar-refractivity contribution in [3.63, 3.8) is 0 Å². The maximum atomic E-state index is 3.47. The van der Waals surface area contributed by atoms with Gasteiger partial charge in [0.15, 0.2) is 0 Å². The summed E-state index contributed by atoms with van der Waals surface area (Å²) in [5.41, 5.74) is 2.74. The van der Waals surface area contributed by atoms with Gasteiger partial charge < -0.3 is 5.32 Å². The third kappa shape index (κ3) is 1.27. The number of para-hydroxylation sites is 1. The highest BCUT2D eigenvalue weighted by molar-refractivity contribution is 9.09. The van der Waals surface area contributed by atoms with Gasteiger partial charge in [0.05, 0.1) is 0 Å². The molecule has 1 atom stereocenters. The van der Waals surface area contributed by atoms with E-state index < -0.39 is 0 Å². The molecule has 0 spiro atoms. The predicted molar refractivity (Wildman–Crippen MR) is 51.4 cm³/mol. The number of halogens is 1. The normalized spacial score (nSPS) is 21.0. The molecule has 2 heteroatoms. The Kier molecular flexibility index (Phi) is 1.86. The molecule has 0 saturated heterocycles. The second-order valence-electron chi connectivity index (χ2n) is 2.86. The van der Waals surface area contributed by atoms with Crippen LogP contribution in [0, 0.1) is 0 Å². The molecule has 0 fully saturated rings. The maximum Gasteiger partial charge on any atom is 0.0399 e. The van der Waals surface area contributed by atoms with Crippen LogP contribution in [0.1, 0.15) is 5.56 Å². The second-order valence-corrected chi connectivity index (χ2v) is 3.50. The van der Waals surface area contributed by atoms with E-state index >= 15 is 0 Å². The Hall–Kier alpha value is -0.500. The Morgan fingerprint density at radius 1 is 1.45 bits per heavy atom. The summed E-state index contributed by atoms with van der Waals surface area (Å²) in [6.45, 7) is 0. The minimum atomic E-state index is 0.590. The molecule has 0 amide bonds. The number of benzene rings is 1. The van der Waals surface area contributed by atoms with Gasteiger partial charge in [0.2, 0.25) is 0 Å². The van der Waals surface area contributed by atoms with Crippen molar-refractivity contribution < 1.29 is 0 Å². The first-order valence-electron chi connectivity index (χ1n) is 3.80. The van der Waals surface area contributed by atoms with Crippen molar-refractivity contribution in [1.29, 1.82) is 0 Å². The summed E-state index contributed by atoms with van der Waals surface area (Å²) in [4.78, 5) is 0. The van der Waals surface area contributed by atoms with Crippen LogP contribution in [-0.2, 0) is 6.42 Å². The first-order chi connectivity index (χ1) is 5.40. The average molecular weight is 212 g/mol. The fourth-order valence-corrected chi connectivity index (χ4v) is 1.86. The molecule has 58 valence electrons. The zero-order valence-electron chi connectivity index (χ0n) is 6.18. The lowest BCUT2D eigenvalue weighted by atomic mass is 10.1. The first-order valence-corrected chi connectivity index (χ1v) is 4.92. The molecule has 0 aromatic heterocycles. The summed E-state index contributed by atoms with van der Waals surface area (Å²) < 4.78 is 0. The molecule has 11 heavy (non-hydrogen) atoms. The molecule has 1 nitrogen and oxygen atoms in total. The standard InChI is InChI=1S/C9H10BrN/c10-6-8-5-7-3-1-2-4-9(7)11-8/h1-4,8,11H,5-6H2. The van der Waals surface area contributed by atoms with Gasteiger partial charge in [-0.2, -0.15) is 0 Å². The second kappa shape index (κ2) is 2.86. The van der Waals surface area contributed by atoms with E-state index in [0.717, 1.165) is 11.8 Å². The first kappa shape index (κ1) is 7.17. The SMILES string of the molecule is BrCC1Cc2ccccc2N1. The van der Waals surface area contributed by atoms with Crippen LogP contribution >= 0.6 is 15.9 Å². The van der Waals surface area contributed by atoms with E-state index in [1.807, 2.05) is 0 Å². The number of nitrogens with one attached hydrogen (secondary N) is 1. The molecule has 1 aliphatic rings. The van der Waals surface area contributed by atoms with Gasteiger partial charge in [-0.3, -0.25) is 0 Å². The molecule has 0 bridgehead atoms. The molecule has 1 unspecified atom stereocenters. The minimum Gasteiger partial charge on any atom is -0.381 e. The van der Waals surface area contributed by atoms with E-state index in [1.165, 1.54) is 11.3 Å². The van der Waals surface area contributed by atoms with Crippen LogP contribution in [0.5, 0.6) is 0 Å². The van der Waals surface area contributed by atoms with Crippen molar-refractivity contribution >= 4 is 21.6 Å². The summed E-state index contributed by atoms with van der Waals surface area (Å²) in [5.74, 6) is 0. The van der Waals surface area contributed by atoms with E-state index in [2.05, 4.69) is 45.5 Å². The van der Waals surface area contributed by atoms with Crippen LogP contribution in [0.3, 0.4) is 0 Å². The van der Waals surface area contributed by atoms with Crippen LogP contribution in [0.15, 0.2) is 24.3 Å². The number of hydrogen-bond donors (Lipinski definition) is 1. The van der Waals surface area contributed by atoms with Crippen LogP contribution < -0.4 is 5.32 Å². The van der Waals surface area contributed by atoms with Crippen molar-refractivity contribution in [3.05, 3.63) is 29.8 Å². The number of anilines is 1. The van der Waals surface area contributed by atoms with E-state index in [1.54, 1.807) is 0 Å². The van der Waals surface area contributed by atoms with Crippen LogP contribution in [0.25, 0.3) is 0 Å². The average Bonchev–Trinajstić information content (AvgIpc) is 2.46. The predicted octanol–water partition coefficient (Wildman–Crippen LogP) is 2.42. The van der Waals surface area contributed by atoms with Crippen LogP contribution in [0.4, 0.5) is 5.69 Å². The Balaban J connectivity index is 2.27. The Labute approximate surface area is 74.9 Å². The molecule has 0 radical (unpaired) electrons. The third-order valence-corrected chi connectivity index (χ3v) is 2.81. The quantitative estimate of drug-likeness (QED) is 0.705. The molecule has 0 aliphatic carbocycles. The molecule has 1 N–H and O–H groups in total. The van der Waals surface area contributed by atoms with Gasteiger partial charge in [-0.15, -0.1) is 0 Å². The van der Waals surface area contributed by atoms with Crippen molar-refractivity contribution in [3.8, 4) is 0 Å². The van der Waals surface area contributed by atoms with Gasteiger partial charge in [0.25, 0.3) is 0 Å². The van der Waals surface area contributed by atoms with E-state index in [4.69, 9.17) is 0 Å². The smallest absolute Gasteiger partial charge is 0.0399 e. The lowest BCUT2D eigenvalue weighted by molar-refractivity contribution is 0.857. The molecular weight excluding hydrogens is 202 g/mol. The largest absolute Gasteiger partial charge is 0.381 e. The molecule has 1 aromatic carbocycles. The Bertz CT molecular complexity index is 234. The highest BCUT2D eigenvalue weighted by Gasteiger charge is 2.17. The summed E-state index contributed by atoms with van der Waals surface area (Å²) in [6.07, 6.45) is 1.15. The highest BCUT2D eigenvalue weighted by atomic mass is 79.9. The number of fused-ring (bicyclic) bond motifs is 1. The van der Waals surface area contributed by atoms with Gasteiger partial charge in [-0.05, 0) is 18.1 Å². The topological polar surface area (TPSA) is 12.0 Å². The molecule has 0 saturated carbocycles. The number of alkyl halides is 1. The fourth-order valence-electron chi connectivity index (χ4n) is 1.47. The van der Waals surface area contributed by atoms with Crippen molar-refractivity contribution in [2.75, 3.05) is 10.6 Å². The lowest BCUT2D eigenvalue weighted by Gasteiger charge is -2.04. The van der Waals surface area contributed by atoms with Crippen molar-refractivity contribution in [2.24, 2.45) is 0 Å². The highest BCUT2D eigenvalue weighted by Crippen LogP contribution is 2.25. The number of hydrogen-bond acceptors (Lipinski definition) is 1. The lowest BCUT2D eigenvalue weighted by Crippen LogP contribution is -2.16. The van der Waals surface area contributed by atoms with Gasteiger partial charge in [-0.25, -0.2) is 0 Å². The maximum absolute atomic E-state index is 3.47. The van der Waals surface area contributed by atoms with E-state index in [0.29, 0.717) is 6.04 Å². The summed E-state index contributed by atoms with van der Waals surface area (Å²) in [7, 11) is 0. The van der Waals surface area contributed by atoms with Gasteiger partial charge in [0.1, 0.15) is 0 Å². The van der Waals surface area contributed by atoms with E-state index in [-0.39, 0.29) is 0 Å². The van der Waals surface area contributed by atoms with Crippen molar-refractivity contribution in [2.45, 2.75) is 12.5 Å². The molecule has 1 heterocycles. The monoisotopic (exact) mass is 211 g/mol. The zero-order chi connectivity index (χ0) is 7.68. The minimum absolute atomic E-state index is 0.590.